The lowest BCUT2D eigenvalue weighted by Gasteiger charge is -2.01. The van der Waals surface area contributed by atoms with Gasteiger partial charge in [-0.25, -0.2) is 0 Å². The first-order chi connectivity index (χ1) is 6.27. The summed E-state index contributed by atoms with van der Waals surface area (Å²) in [6, 6.07) is 7.18. The van der Waals surface area contributed by atoms with E-state index in [1.54, 1.807) is 12.1 Å². The number of carbonyl (C=O) groups is 2. The van der Waals surface area contributed by atoms with Crippen LogP contribution in [0.25, 0.3) is 0 Å². The molecule has 1 aromatic rings. The minimum atomic E-state index is 0.161. The minimum Gasteiger partial charge on any atom is -0.299 e. The van der Waals surface area contributed by atoms with Crippen molar-refractivity contribution in [2.75, 3.05) is 0 Å². The van der Waals surface area contributed by atoms with Crippen molar-refractivity contribution in [3.8, 4) is 0 Å². The van der Waals surface area contributed by atoms with Crippen LogP contribution in [-0.4, -0.2) is 12.1 Å². The number of rotatable bonds is 4. The standard InChI is InChI=1S/C11H12O2/c1-2-11(13)7-9-5-3-4-6-10(9)8-12/h3-6,8H,2,7H2,1H3. The summed E-state index contributed by atoms with van der Waals surface area (Å²) in [4.78, 5) is 21.7. The maximum absolute atomic E-state index is 11.1. The van der Waals surface area contributed by atoms with Crippen molar-refractivity contribution in [2.45, 2.75) is 19.8 Å². The van der Waals surface area contributed by atoms with E-state index in [1.165, 1.54) is 0 Å². The maximum Gasteiger partial charge on any atom is 0.150 e. The van der Waals surface area contributed by atoms with Crippen LogP contribution in [0, 0.1) is 0 Å². The maximum atomic E-state index is 11.1. The first kappa shape index (κ1) is 9.65. The molecule has 0 radical (unpaired) electrons. The van der Waals surface area contributed by atoms with E-state index in [2.05, 4.69) is 0 Å². The molecule has 0 spiro atoms. The molecule has 68 valence electrons. The van der Waals surface area contributed by atoms with Crippen LogP contribution >= 0.6 is 0 Å². The third-order valence-corrected chi connectivity index (χ3v) is 1.96. The number of ketones is 1. The van der Waals surface area contributed by atoms with Gasteiger partial charge in [-0.2, -0.15) is 0 Å². The molecule has 0 aromatic heterocycles. The Hall–Kier alpha value is -1.44. The molecule has 0 aliphatic rings. The number of benzene rings is 1. The van der Waals surface area contributed by atoms with Gasteiger partial charge in [-0.3, -0.25) is 9.59 Å². The Balaban J connectivity index is 2.87. The smallest absolute Gasteiger partial charge is 0.150 e. The average molecular weight is 176 g/mol. The summed E-state index contributed by atoms with van der Waals surface area (Å²) in [5.41, 5.74) is 1.44. The SMILES string of the molecule is CCC(=O)Cc1ccccc1C=O. The number of carbonyl (C=O) groups excluding carboxylic acids is 2. The monoisotopic (exact) mass is 176 g/mol. The molecule has 0 atom stereocenters. The van der Waals surface area contributed by atoms with Crippen LogP contribution in [0.5, 0.6) is 0 Å². The lowest BCUT2D eigenvalue weighted by atomic mass is 10.0. The molecule has 13 heavy (non-hydrogen) atoms. The minimum absolute atomic E-state index is 0.161. The number of hydrogen-bond acceptors (Lipinski definition) is 2. The van der Waals surface area contributed by atoms with Crippen molar-refractivity contribution < 1.29 is 9.59 Å². The molecule has 2 heteroatoms. The van der Waals surface area contributed by atoms with Gasteiger partial charge < -0.3 is 0 Å². The van der Waals surface area contributed by atoms with Gasteiger partial charge in [-0.05, 0) is 5.56 Å². The fourth-order valence-corrected chi connectivity index (χ4v) is 1.15. The van der Waals surface area contributed by atoms with E-state index >= 15 is 0 Å². The van der Waals surface area contributed by atoms with Crippen molar-refractivity contribution in [3.05, 3.63) is 35.4 Å². The van der Waals surface area contributed by atoms with Crippen LogP contribution in [0.4, 0.5) is 0 Å². The van der Waals surface area contributed by atoms with E-state index in [-0.39, 0.29) is 5.78 Å². The highest BCUT2D eigenvalue weighted by atomic mass is 16.1. The third kappa shape index (κ3) is 2.51. The third-order valence-electron chi connectivity index (χ3n) is 1.96. The Kier molecular flexibility index (Phi) is 3.38. The second-order valence-corrected chi connectivity index (χ2v) is 2.89. The molecule has 0 N–H and O–H groups in total. The summed E-state index contributed by atoms with van der Waals surface area (Å²) in [5.74, 6) is 0.161. The molecule has 0 bridgehead atoms. The molecule has 0 heterocycles. The quantitative estimate of drug-likeness (QED) is 0.658. The molecule has 1 rings (SSSR count). The second-order valence-electron chi connectivity index (χ2n) is 2.89. The van der Waals surface area contributed by atoms with Crippen molar-refractivity contribution in [1.82, 2.24) is 0 Å². The van der Waals surface area contributed by atoms with Crippen molar-refractivity contribution in [3.63, 3.8) is 0 Å². The van der Waals surface area contributed by atoms with Crippen molar-refractivity contribution >= 4 is 12.1 Å². The van der Waals surface area contributed by atoms with E-state index in [1.807, 2.05) is 19.1 Å². The van der Waals surface area contributed by atoms with Crippen LogP contribution in [0.1, 0.15) is 29.3 Å². The van der Waals surface area contributed by atoms with E-state index in [9.17, 15) is 9.59 Å². The van der Waals surface area contributed by atoms with Crippen molar-refractivity contribution in [2.24, 2.45) is 0 Å². The predicted molar refractivity (Wildman–Crippen MR) is 50.8 cm³/mol. The highest BCUT2D eigenvalue weighted by Crippen LogP contribution is 2.07. The Morgan fingerprint density at radius 1 is 1.38 bits per heavy atom. The zero-order chi connectivity index (χ0) is 9.68. The molecule has 2 nitrogen and oxygen atoms in total. The highest BCUT2D eigenvalue weighted by Gasteiger charge is 2.04. The molecular formula is C11H12O2. The van der Waals surface area contributed by atoms with Gasteiger partial charge in [0.1, 0.15) is 12.1 Å². The van der Waals surface area contributed by atoms with Crippen molar-refractivity contribution in [1.29, 1.82) is 0 Å². The molecule has 0 saturated heterocycles. The van der Waals surface area contributed by atoms with Crippen LogP contribution in [0.15, 0.2) is 24.3 Å². The Labute approximate surface area is 77.6 Å². The molecule has 1 aromatic carbocycles. The number of aldehydes is 1. The zero-order valence-electron chi connectivity index (χ0n) is 7.62. The summed E-state index contributed by atoms with van der Waals surface area (Å²) in [6.45, 7) is 1.83. The number of hydrogen-bond donors (Lipinski definition) is 0. The normalized spacial score (nSPS) is 9.62. The zero-order valence-corrected chi connectivity index (χ0v) is 7.62. The summed E-state index contributed by atoms with van der Waals surface area (Å²) in [6.07, 6.45) is 1.68. The summed E-state index contributed by atoms with van der Waals surface area (Å²) in [7, 11) is 0. The summed E-state index contributed by atoms with van der Waals surface area (Å²) >= 11 is 0. The molecule has 0 amide bonds. The highest BCUT2D eigenvalue weighted by molar-refractivity contribution is 5.85. The molecular weight excluding hydrogens is 164 g/mol. The lowest BCUT2D eigenvalue weighted by Crippen LogP contribution is -2.02. The van der Waals surface area contributed by atoms with Crippen LogP contribution in [0.3, 0.4) is 0 Å². The fourth-order valence-electron chi connectivity index (χ4n) is 1.15. The summed E-state index contributed by atoms with van der Waals surface area (Å²) < 4.78 is 0. The molecule has 0 fully saturated rings. The Morgan fingerprint density at radius 3 is 2.69 bits per heavy atom. The van der Waals surface area contributed by atoms with Gasteiger partial charge in [-0.15, -0.1) is 0 Å². The molecule has 0 unspecified atom stereocenters. The Bertz CT molecular complexity index is 316. The summed E-state index contributed by atoms with van der Waals surface area (Å²) in [5, 5.41) is 0. The van der Waals surface area contributed by atoms with E-state index < -0.39 is 0 Å². The van der Waals surface area contributed by atoms with Gasteiger partial charge in [0.25, 0.3) is 0 Å². The van der Waals surface area contributed by atoms with Gasteiger partial charge >= 0.3 is 0 Å². The van der Waals surface area contributed by atoms with E-state index in [0.29, 0.717) is 18.4 Å². The molecule has 0 saturated carbocycles. The van der Waals surface area contributed by atoms with E-state index in [4.69, 9.17) is 0 Å². The van der Waals surface area contributed by atoms with Gasteiger partial charge in [0.05, 0.1) is 0 Å². The van der Waals surface area contributed by atoms with E-state index in [0.717, 1.165) is 11.8 Å². The number of Topliss-reactive ketones (excluding diaryl/α,β-unsaturated/α-hetero) is 1. The van der Waals surface area contributed by atoms with Gasteiger partial charge in [0.2, 0.25) is 0 Å². The van der Waals surface area contributed by atoms with Crippen LogP contribution in [0.2, 0.25) is 0 Å². The fraction of sp³-hybridized carbons (Fsp3) is 0.273. The predicted octanol–water partition coefficient (Wildman–Crippen LogP) is 2.02. The average Bonchev–Trinajstić information content (AvgIpc) is 2.18. The van der Waals surface area contributed by atoms with Gasteiger partial charge in [0, 0.05) is 18.4 Å². The van der Waals surface area contributed by atoms with Gasteiger partial charge in [0.15, 0.2) is 0 Å². The first-order valence-corrected chi connectivity index (χ1v) is 4.32. The topological polar surface area (TPSA) is 34.1 Å². The van der Waals surface area contributed by atoms with Gasteiger partial charge in [-0.1, -0.05) is 31.2 Å². The Morgan fingerprint density at radius 2 is 2.08 bits per heavy atom. The lowest BCUT2D eigenvalue weighted by molar-refractivity contribution is -0.118. The molecule has 0 aliphatic heterocycles. The molecule has 0 aliphatic carbocycles. The van der Waals surface area contributed by atoms with Crippen LogP contribution in [-0.2, 0) is 11.2 Å². The second kappa shape index (κ2) is 4.55. The first-order valence-electron chi connectivity index (χ1n) is 4.32. The largest absolute Gasteiger partial charge is 0.299 e. The van der Waals surface area contributed by atoms with Crippen LogP contribution < -0.4 is 0 Å².